The molecule has 1 aromatic heterocycles. The molecule has 0 spiro atoms. The zero-order chi connectivity index (χ0) is 28.7. The smallest absolute Gasteiger partial charge is 0.416 e. The third-order valence-corrected chi connectivity index (χ3v) is 7.90. The maximum atomic E-state index is 13.5. The van der Waals surface area contributed by atoms with Crippen molar-refractivity contribution >= 4 is 22.7 Å². The topological polar surface area (TPSA) is 74.6 Å². The van der Waals surface area contributed by atoms with Gasteiger partial charge in [0.25, 0.3) is 0 Å². The number of ether oxygens (including phenoxy) is 3. The lowest BCUT2D eigenvalue weighted by Crippen LogP contribution is -2.10. The predicted molar refractivity (Wildman–Crippen MR) is 147 cm³/mol. The van der Waals surface area contributed by atoms with Crippen molar-refractivity contribution < 1.29 is 32.2 Å². The number of fused-ring (bicyclic) bond motifs is 2. The van der Waals surface area contributed by atoms with Gasteiger partial charge < -0.3 is 19.5 Å². The highest BCUT2D eigenvalue weighted by atomic mass is 19.4. The molecule has 1 saturated heterocycles. The summed E-state index contributed by atoms with van der Waals surface area (Å²) in [7, 11) is 1.38. The minimum atomic E-state index is -4.45. The van der Waals surface area contributed by atoms with Gasteiger partial charge in [-0.25, -0.2) is 4.98 Å². The highest BCUT2D eigenvalue weighted by Gasteiger charge is 2.32. The Kier molecular flexibility index (Phi) is 7.11. The Labute approximate surface area is 235 Å². The number of methoxy groups -OCH3 is 1. The van der Waals surface area contributed by atoms with Gasteiger partial charge in [0, 0.05) is 36.4 Å². The van der Waals surface area contributed by atoms with Crippen LogP contribution in [0, 0.1) is 6.92 Å². The van der Waals surface area contributed by atoms with Crippen LogP contribution in [0.5, 0.6) is 5.75 Å². The number of hydrogen-bond acceptors (Lipinski definition) is 6. The van der Waals surface area contributed by atoms with Crippen molar-refractivity contribution in [1.82, 2.24) is 9.55 Å². The number of imidazole rings is 1. The van der Waals surface area contributed by atoms with Crippen LogP contribution in [0.4, 0.5) is 18.9 Å². The van der Waals surface area contributed by atoms with Crippen molar-refractivity contribution in [2.24, 2.45) is 0 Å². The van der Waals surface area contributed by atoms with Crippen LogP contribution in [0.1, 0.15) is 59.4 Å². The number of alkyl halides is 3. The van der Waals surface area contributed by atoms with E-state index in [-0.39, 0.29) is 29.9 Å². The van der Waals surface area contributed by atoms with Crippen LogP contribution in [0.15, 0.2) is 54.6 Å². The first-order valence-electron chi connectivity index (χ1n) is 13.6. The Bertz CT molecular complexity index is 1610. The summed E-state index contributed by atoms with van der Waals surface area (Å²) in [4.78, 5) is 16.4. The minimum absolute atomic E-state index is 0.0271. The third kappa shape index (κ3) is 5.24. The zero-order valence-electron chi connectivity index (χ0n) is 22.8. The van der Waals surface area contributed by atoms with Gasteiger partial charge in [0.15, 0.2) is 0 Å². The Hall–Kier alpha value is -4.05. The van der Waals surface area contributed by atoms with Crippen molar-refractivity contribution in [1.29, 1.82) is 0 Å². The molecule has 2 atom stereocenters. The number of carbonyl (C=O) groups excluding carboxylic acids is 1. The summed E-state index contributed by atoms with van der Waals surface area (Å²) in [6.45, 7) is 3.55. The van der Waals surface area contributed by atoms with Crippen LogP contribution in [0.3, 0.4) is 0 Å². The first-order chi connectivity index (χ1) is 19.7. The molecule has 0 aliphatic carbocycles. The van der Waals surface area contributed by atoms with Crippen LogP contribution in [-0.2, 0) is 27.0 Å². The summed E-state index contributed by atoms with van der Waals surface area (Å²) in [5.74, 6) is 1.07. The van der Waals surface area contributed by atoms with Crippen LogP contribution >= 0.6 is 0 Å². The minimum Gasteiger partial charge on any atom is -0.493 e. The molecule has 1 N–H and O–H groups in total. The number of halogens is 3. The molecule has 1 fully saturated rings. The van der Waals surface area contributed by atoms with Gasteiger partial charge in [-0.05, 0) is 61.2 Å². The highest BCUT2D eigenvalue weighted by molar-refractivity contribution is 5.80. The molecule has 0 saturated carbocycles. The van der Waals surface area contributed by atoms with E-state index in [1.807, 2.05) is 47.9 Å². The van der Waals surface area contributed by atoms with Crippen LogP contribution < -0.4 is 10.1 Å². The molecule has 0 bridgehead atoms. The monoisotopic (exact) mass is 565 g/mol. The van der Waals surface area contributed by atoms with Crippen molar-refractivity contribution in [2.45, 2.75) is 50.9 Å². The summed E-state index contributed by atoms with van der Waals surface area (Å²) in [6, 6.07) is 15.5. The number of carbonyl (C=O) groups is 1. The van der Waals surface area contributed by atoms with Crippen molar-refractivity contribution in [2.75, 3.05) is 25.6 Å². The molecule has 10 heteroatoms. The quantitative estimate of drug-likeness (QED) is 0.247. The maximum Gasteiger partial charge on any atom is 0.416 e. The number of nitrogens with zero attached hydrogens (tertiary/aromatic N) is 2. The number of benzene rings is 3. The molecule has 214 valence electrons. The molecule has 1 unspecified atom stereocenters. The predicted octanol–water partition coefficient (Wildman–Crippen LogP) is 6.86. The summed E-state index contributed by atoms with van der Waals surface area (Å²) >= 11 is 0. The van der Waals surface area contributed by atoms with Crippen molar-refractivity contribution in [3.8, 4) is 11.4 Å². The van der Waals surface area contributed by atoms with Gasteiger partial charge in [0.1, 0.15) is 17.7 Å². The number of hydrogen-bond donors (Lipinski definition) is 1. The second-order valence-corrected chi connectivity index (χ2v) is 10.5. The molecule has 6 rings (SSSR count). The lowest BCUT2D eigenvalue weighted by atomic mass is 9.97. The van der Waals surface area contributed by atoms with E-state index in [0.29, 0.717) is 31.1 Å². The number of rotatable bonds is 7. The fourth-order valence-electron chi connectivity index (χ4n) is 5.67. The van der Waals surface area contributed by atoms with Gasteiger partial charge in [0.2, 0.25) is 0 Å². The standard InChI is InChI=1S/C31H30F3N3O4/c1-18-19(16-35-22-9-10-23-20(13-29(38)39-2)17-41-28(23)15-22)5-3-6-25(18)37-26-11-8-21(31(32,33)34)14-24(26)36-30(37)27-7-4-12-40-27/h3,5-6,8-11,14-15,20,27,35H,4,7,12-13,16-17H2,1-2H3/t20-,27?/m1/s1. The lowest BCUT2D eigenvalue weighted by molar-refractivity contribution is -0.141. The average molecular weight is 566 g/mol. The molecule has 3 heterocycles. The van der Waals surface area contributed by atoms with Gasteiger partial charge in [0.05, 0.1) is 42.4 Å². The van der Waals surface area contributed by atoms with Gasteiger partial charge >= 0.3 is 12.1 Å². The van der Waals surface area contributed by atoms with Crippen molar-refractivity contribution in [3.63, 3.8) is 0 Å². The Balaban J connectivity index is 1.30. The SMILES string of the molecule is COC(=O)C[C@@H]1COc2cc(NCc3cccc(-n4c(C5CCCO5)nc5cc(C(F)(F)F)ccc54)c3C)ccc21. The fraction of sp³-hybridized carbons (Fsp3) is 0.355. The molecule has 3 aromatic carbocycles. The molecular formula is C31H30F3N3O4. The highest BCUT2D eigenvalue weighted by Crippen LogP contribution is 2.39. The number of aromatic nitrogens is 2. The van der Waals surface area contributed by atoms with E-state index in [2.05, 4.69) is 10.3 Å². The first kappa shape index (κ1) is 27.1. The normalized spacial score (nSPS) is 18.4. The van der Waals surface area contributed by atoms with E-state index in [0.717, 1.165) is 58.8 Å². The third-order valence-electron chi connectivity index (χ3n) is 7.90. The zero-order valence-corrected chi connectivity index (χ0v) is 22.8. The van der Waals surface area contributed by atoms with Crippen LogP contribution in [-0.4, -0.2) is 35.8 Å². The van der Waals surface area contributed by atoms with Gasteiger partial charge in [-0.1, -0.05) is 18.2 Å². The van der Waals surface area contributed by atoms with Gasteiger partial charge in [-0.3, -0.25) is 9.36 Å². The van der Waals surface area contributed by atoms with Crippen LogP contribution in [0.25, 0.3) is 16.7 Å². The van der Waals surface area contributed by atoms with E-state index in [9.17, 15) is 18.0 Å². The molecule has 2 aliphatic heterocycles. The largest absolute Gasteiger partial charge is 0.493 e. The molecule has 4 aromatic rings. The van der Waals surface area contributed by atoms with E-state index >= 15 is 0 Å². The van der Waals surface area contributed by atoms with Gasteiger partial charge in [-0.2, -0.15) is 13.2 Å². The molecular weight excluding hydrogens is 535 g/mol. The maximum absolute atomic E-state index is 13.5. The second-order valence-electron chi connectivity index (χ2n) is 10.5. The Morgan fingerprint density at radius 3 is 2.78 bits per heavy atom. The number of nitrogens with one attached hydrogen (secondary N) is 1. The summed E-state index contributed by atoms with van der Waals surface area (Å²) in [5.41, 5.74) is 4.89. The summed E-state index contributed by atoms with van der Waals surface area (Å²) in [6.07, 6.45) is -2.83. The second kappa shape index (κ2) is 10.7. The number of anilines is 1. The Morgan fingerprint density at radius 1 is 1.17 bits per heavy atom. The first-order valence-corrected chi connectivity index (χ1v) is 13.6. The van der Waals surface area contributed by atoms with E-state index in [1.54, 1.807) is 0 Å². The average Bonchev–Trinajstić information content (AvgIpc) is 3.70. The molecule has 2 aliphatic rings. The molecule has 0 radical (unpaired) electrons. The van der Waals surface area contributed by atoms with Crippen molar-refractivity contribution in [3.05, 3.63) is 82.7 Å². The van der Waals surface area contributed by atoms with Gasteiger partial charge in [-0.15, -0.1) is 0 Å². The van der Waals surface area contributed by atoms with E-state index < -0.39 is 11.7 Å². The molecule has 7 nitrogen and oxygen atoms in total. The lowest BCUT2D eigenvalue weighted by Gasteiger charge is -2.18. The fourth-order valence-corrected chi connectivity index (χ4v) is 5.67. The molecule has 41 heavy (non-hydrogen) atoms. The Morgan fingerprint density at radius 2 is 2.02 bits per heavy atom. The van der Waals surface area contributed by atoms with E-state index in [1.165, 1.54) is 13.2 Å². The van der Waals surface area contributed by atoms with E-state index in [4.69, 9.17) is 14.2 Å². The summed E-state index contributed by atoms with van der Waals surface area (Å²) in [5, 5.41) is 3.46. The summed E-state index contributed by atoms with van der Waals surface area (Å²) < 4.78 is 58.9. The van der Waals surface area contributed by atoms with Crippen LogP contribution in [0.2, 0.25) is 0 Å². The number of esters is 1. The molecule has 0 amide bonds.